The van der Waals surface area contributed by atoms with E-state index in [0.717, 1.165) is 5.56 Å². The molecule has 0 spiro atoms. The molecule has 1 aromatic heterocycles. The Morgan fingerprint density at radius 1 is 1.07 bits per heavy atom. The number of benzene rings is 2. The summed E-state index contributed by atoms with van der Waals surface area (Å²) in [6.45, 7) is 8.38. The quantitative estimate of drug-likeness (QED) is 0.426. The van der Waals surface area contributed by atoms with Crippen LogP contribution in [-0.4, -0.2) is 12.6 Å². The summed E-state index contributed by atoms with van der Waals surface area (Å²) in [6, 6.07) is 10.8. The fourth-order valence-electron chi connectivity index (χ4n) is 2.90. The lowest BCUT2D eigenvalue weighted by atomic mass is 9.89. The van der Waals surface area contributed by atoms with E-state index >= 15 is 0 Å². The monoisotopic (exact) mass is 420 g/mol. The van der Waals surface area contributed by atoms with Crippen molar-refractivity contribution in [2.75, 3.05) is 6.61 Å². The zero-order valence-electron chi connectivity index (χ0n) is 16.3. The number of carbonyl (C=O) groups excluding carboxylic acids is 1. The molecule has 0 aliphatic heterocycles. The van der Waals surface area contributed by atoms with Crippen molar-refractivity contribution in [2.45, 2.75) is 39.7 Å². The number of hydrogen-bond acceptors (Lipinski definition) is 4. The van der Waals surface area contributed by atoms with Gasteiger partial charge in [-0.1, -0.05) is 50.0 Å². The highest BCUT2D eigenvalue weighted by Gasteiger charge is 2.30. The molecule has 0 saturated carbocycles. The number of halogens is 2. The van der Waals surface area contributed by atoms with Crippen molar-refractivity contribution in [3.05, 3.63) is 63.3 Å². The number of furan rings is 1. The summed E-state index contributed by atoms with van der Waals surface area (Å²) < 4.78 is 17.1. The molecule has 148 valence electrons. The van der Waals surface area contributed by atoms with Crippen LogP contribution in [0, 0.1) is 0 Å². The van der Waals surface area contributed by atoms with Gasteiger partial charge < -0.3 is 13.9 Å². The van der Waals surface area contributed by atoms with Gasteiger partial charge in [0.1, 0.15) is 29.3 Å². The molecule has 28 heavy (non-hydrogen) atoms. The van der Waals surface area contributed by atoms with Gasteiger partial charge in [-0.25, -0.2) is 4.79 Å². The van der Waals surface area contributed by atoms with Gasteiger partial charge >= 0.3 is 5.97 Å². The Balaban J connectivity index is 1.96. The van der Waals surface area contributed by atoms with Gasteiger partial charge in [0.2, 0.25) is 0 Å². The molecular formula is C22H22Cl2O4. The standard InChI is InChI=1S/C22H22Cl2O4/c1-5-26-21(25)19-15-11-14(7-9-18(15)28-20(19)22(2,3)4)27-12-13-6-8-16(23)17(24)10-13/h6-11H,5,12H2,1-4H3. The number of hydrogen-bond donors (Lipinski definition) is 0. The first-order valence-corrected chi connectivity index (χ1v) is 9.77. The Kier molecular flexibility index (Phi) is 5.92. The van der Waals surface area contributed by atoms with E-state index in [2.05, 4.69) is 0 Å². The number of rotatable bonds is 5. The van der Waals surface area contributed by atoms with Crippen molar-refractivity contribution in [3.8, 4) is 5.75 Å². The summed E-state index contributed by atoms with van der Waals surface area (Å²) >= 11 is 12.0. The van der Waals surface area contributed by atoms with Crippen LogP contribution in [0.4, 0.5) is 0 Å². The lowest BCUT2D eigenvalue weighted by Crippen LogP contribution is -2.16. The summed E-state index contributed by atoms with van der Waals surface area (Å²) in [5.41, 5.74) is 1.62. The van der Waals surface area contributed by atoms with Crippen LogP contribution in [-0.2, 0) is 16.8 Å². The Morgan fingerprint density at radius 2 is 1.82 bits per heavy atom. The highest BCUT2D eigenvalue weighted by atomic mass is 35.5. The third-order valence-corrected chi connectivity index (χ3v) is 4.95. The number of carbonyl (C=O) groups is 1. The molecule has 0 fully saturated rings. The van der Waals surface area contributed by atoms with E-state index in [4.69, 9.17) is 37.1 Å². The van der Waals surface area contributed by atoms with E-state index in [1.165, 1.54) is 0 Å². The van der Waals surface area contributed by atoms with Crippen LogP contribution in [0.25, 0.3) is 11.0 Å². The van der Waals surface area contributed by atoms with E-state index in [9.17, 15) is 4.79 Å². The highest BCUT2D eigenvalue weighted by Crippen LogP contribution is 2.36. The van der Waals surface area contributed by atoms with Gasteiger partial charge in [-0.05, 0) is 42.8 Å². The van der Waals surface area contributed by atoms with Crippen molar-refractivity contribution in [1.82, 2.24) is 0 Å². The van der Waals surface area contributed by atoms with E-state index in [-0.39, 0.29) is 5.41 Å². The number of fused-ring (bicyclic) bond motifs is 1. The van der Waals surface area contributed by atoms with E-state index in [1.54, 1.807) is 31.2 Å². The minimum atomic E-state index is -0.396. The lowest BCUT2D eigenvalue weighted by Gasteiger charge is -2.16. The molecule has 0 aliphatic carbocycles. The molecule has 0 saturated heterocycles. The molecule has 0 N–H and O–H groups in total. The predicted molar refractivity (Wildman–Crippen MR) is 112 cm³/mol. The number of esters is 1. The van der Waals surface area contributed by atoms with Gasteiger partial charge in [0.15, 0.2) is 0 Å². The molecule has 1 heterocycles. The van der Waals surface area contributed by atoms with E-state index < -0.39 is 5.97 Å². The summed E-state index contributed by atoms with van der Waals surface area (Å²) in [4.78, 5) is 12.6. The van der Waals surface area contributed by atoms with Crippen LogP contribution >= 0.6 is 23.2 Å². The van der Waals surface area contributed by atoms with Crippen LogP contribution < -0.4 is 4.74 Å². The highest BCUT2D eigenvalue weighted by molar-refractivity contribution is 6.42. The first kappa shape index (κ1) is 20.6. The van der Waals surface area contributed by atoms with Crippen molar-refractivity contribution < 1.29 is 18.7 Å². The number of ether oxygens (including phenoxy) is 2. The topological polar surface area (TPSA) is 48.7 Å². The molecule has 0 aliphatic rings. The van der Waals surface area contributed by atoms with Gasteiger partial charge in [-0.15, -0.1) is 0 Å². The third kappa shape index (κ3) is 4.29. The molecule has 2 aromatic carbocycles. The molecular weight excluding hydrogens is 399 g/mol. The molecule has 0 amide bonds. The SMILES string of the molecule is CCOC(=O)c1c(C(C)(C)C)oc2ccc(OCc3ccc(Cl)c(Cl)c3)cc12. The van der Waals surface area contributed by atoms with Crippen molar-refractivity contribution >= 4 is 40.1 Å². The average molecular weight is 421 g/mol. The van der Waals surface area contributed by atoms with Gasteiger partial charge in [0.05, 0.1) is 16.7 Å². The summed E-state index contributed by atoms with van der Waals surface area (Å²) in [7, 11) is 0. The van der Waals surface area contributed by atoms with Crippen LogP contribution in [0.1, 0.15) is 49.4 Å². The second kappa shape index (κ2) is 8.06. The maximum Gasteiger partial charge on any atom is 0.342 e. The van der Waals surface area contributed by atoms with Gasteiger partial charge in [0, 0.05) is 10.8 Å². The Labute approximate surface area is 174 Å². The predicted octanol–water partition coefficient (Wildman–Crippen LogP) is 6.79. The van der Waals surface area contributed by atoms with Gasteiger partial charge in [0.25, 0.3) is 0 Å². The molecule has 6 heteroatoms. The van der Waals surface area contributed by atoms with E-state index in [0.29, 0.717) is 51.3 Å². The summed E-state index contributed by atoms with van der Waals surface area (Å²) in [5, 5.41) is 1.65. The van der Waals surface area contributed by atoms with Crippen molar-refractivity contribution in [1.29, 1.82) is 0 Å². The zero-order chi connectivity index (χ0) is 20.5. The molecule has 3 aromatic rings. The van der Waals surface area contributed by atoms with Crippen LogP contribution in [0.2, 0.25) is 10.0 Å². The smallest absolute Gasteiger partial charge is 0.342 e. The van der Waals surface area contributed by atoms with Gasteiger partial charge in [-0.3, -0.25) is 0 Å². The molecule has 4 nitrogen and oxygen atoms in total. The summed E-state index contributed by atoms with van der Waals surface area (Å²) in [6.07, 6.45) is 0. The fraction of sp³-hybridized carbons (Fsp3) is 0.318. The lowest BCUT2D eigenvalue weighted by molar-refractivity contribution is 0.0523. The molecule has 0 bridgehead atoms. The van der Waals surface area contributed by atoms with Crippen molar-refractivity contribution in [2.24, 2.45) is 0 Å². The molecule has 0 atom stereocenters. The van der Waals surface area contributed by atoms with E-state index in [1.807, 2.05) is 32.9 Å². The van der Waals surface area contributed by atoms with Crippen molar-refractivity contribution in [3.63, 3.8) is 0 Å². The second-order valence-corrected chi connectivity index (χ2v) is 8.29. The van der Waals surface area contributed by atoms with Gasteiger partial charge in [-0.2, -0.15) is 0 Å². The minimum Gasteiger partial charge on any atom is -0.489 e. The second-order valence-electron chi connectivity index (χ2n) is 7.47. The molecule has 0 unspecified atom stereocenters. The average Bonchev–Trinajstić information content (AvgIpc) is 3.02. The third-order valence-electron chi connectivity index (χ3n) is 4.21. The summed E-state index contributed by atoms with van der Waals surface area (Å²) in [5.74, 6) is 0.820. The fourth-order valence-corrected chi connectivity index (χ4v) is 3.22. The normalized spacial score (nSPS) is 11.6. The maximum atomic E-state index is 12.6. The Bertz CT molecular complexity index is 1020. The maximum absolute atomic E-state index is 12.6. The van der Waals surface area contributed by atoms with Crippen LogP contribution in [0.5, 0.6) is 5.75 Å². The Hall–Kier alpha value is -2.17. The first-order chi connectivity index (χ1) is 13.2. The zero-order valence-corrected chi connectivity index (χ0v) is 17.8. The largest absolute Gasteiger partial charge is 0.489 e. The molecule has 3 rings (SSSR count). The minimum absolute atomic E-state index is 0.294. The van der Waals surface area contributed by atoms with Crippen LogP contribution in [0.3, 0.4) is 0 Å². The molecule has 0 radical (unpaired) electrons. The Morgan fingerprint density at radius 3 is 2.46 bits per heavy atom. The first-order valence-electron chi connectivity index (χ1n) is 9.01. The van der Waals surface area contributed by atoms with Crippen LogP contribution in [0.15, 0.2) is 40.8 Å².